The van der Waals surface area contributed by atoms with Gasteiger partial charge in [0.25, 0.3) is 0 Å². The Balaban J connectivity index is 2.55. The number of hydrogen-bond donors (Lipinski definition) is 2. The Hall–Kier alpha value is -2.09. The molecule has 0 spiro atoms. The number of nitrogens with one attached hydrogen (secondary N) is 2. The molecule has 2 N–H and O–H groups in total. The molecule has 0 aliphatic heterocycles. The van der Waals surface area contributed by atoms with Gasteiger partial charge in [-0.2, -0.15) is 15.5 Å². The van der Waals surface area contributed by atoms with Crippen LogP contribution in [0.15, 0.2) is 18.5 Å². The molecule has 0 aliphatic rings. The van der Waals surface area contributed by atoms with E-state index in [1.807, 2.05) is 6.07 Å². The first-order valence-electron chi connectivity index (χ1n) is 3.35. The van der Waals surface area contributed by atoms with E-state index in [-0.39, 0.29) is 0 Å². The molecule has 0 aliphatic carbocycles. The molecule has 0 saturated heterocycles. The van der Waals surface area contributed by atoms with Gasteiger partial charge in [-0.15, -0.1) is 0 Å². The summed E-state index contributed by atoms with van der Waals surface area (Å²) < 4.78 is 0. The summed E-state index contributed by atoms with van der Waals surface area (Å²) in [7, 11) is 0. The summed E-state index contributed by atoms with van der Waals surface area (Å²) in [5.74, 6) is 0. The Bertz CT molecular complexity index is 405. The van der Waals surface area contributed by atoms with Crippen molar-refractivity contribution in [1.29, 1.82) is 5.26 Å². The number of aromatic nitrogens is 4. The van der Waals surface area contributed by atoms with Crippen molar-refractivity contribution in [2.24, 2.45) is 0 Å². The summed E-state index contributed by atoms with van der Waals surface area (Å²) in [6.07, 6.45) is 3.22. The molecule has 0 atom stereocenters. The van der Waals surface area contributed by atoms with E-state index in [1.54, 1.807) is 18.5 Å². The van der Waals surface area contributed by atoms with Gasteiger partial charge in [0.05, 0.1) is 17.5 Å². The molecule has 0 radical (unpaired) electrons. The summed E-state index contributed by atoms with van der Waals surface area (Å²) in [5, 5.41) is 21.5. The minimum atomic E-state index is 0.444. The topological polar surface area (TPSA) is 81.2 Å². The van der Waals surface area contributed by atoms with E-state index in [0.29, 0.717) is 5.69 Å². The van der Waals surface area contributed by atoms with Crippen molar-refractivity contribution < 1.29 is 0 Å². The van der Waals surface area contributed by atoms with Gasteiger partial charge < -0.3 is 0 Å². The molecule has 5 heteroatoms. The second-order valence-electron chi connectivity index (χ2n) is 2.24. The van der Waals surface area contributed by atoms with E-state index in [4.69, 9.17) is 5.26 Å². The maximum absolute atomic E-state index is 8.65. The van der Waals surface area contributed by atoms with Crippen molar-refractivity contribution in [3.63, 3.8) is 0 Å². The van der Waals surface area contributed by atoms with E-state index in [9.17, 15) is 0 Å². The molecule has 2 aromatic heterocycles. The second kappa shape index (κ2) is 2.51. The average Bonchev–Trinajstić information content (AvgIpc) is 2.74. The van der Waals surface area contributed by atoms with Crippen LogP contribution < -0.4 is 0 Å². The Morgan fingerprint density at radius 3 is 2.92 bits per heavy atom. The van der Waals surface area contributed by atoms with Crippen LogP contribution in [0.1, 0.15) is 5.69 Å². The smallest absolute Gasteiger partial charge is 0.144 e. The number of nitriles is 1. The van der Waals surface area contributed by atoms with E-state index in [0.717, 1.165) is 11.3 Å². The lowest BCUT2D eigenvalue weighted by Gasteiger charge is -1.88. The van der Waals surface area contributed by atoms with Crippen LogP contribution in [-0.2, 0) is 0 Å². The molecular formula is C7H5N5. The van der Waals surface area contributed by atoms with Crippen molar-refractivity contribution in [3.05, 3.63) is 24.2 Å². The van der Waals surface area contributed by atoms with Gasteiger partial charge in [-0.1, -0.05) is 0 Å². The second-order valence-corrected chi connectivity index (χ2v) is 2.24. The first-order chi connectivity index (χ1) is 5.92. The molecule has 5 nitrogen and oxygen atoms in total. The predicted molar refractivity (Wildman–Crippen MR) is 40.9 cm³/mol. The van der Waals surface area contributed by atoms with E-state index < -0.39 is 0 Å². The van der Waals surface area contributed by atoms with Gasteiger partial charge in [0.2, 0.25) is 0 Å². The van der Waals surface area contributed by atoms with Crippen LogP contribution in [0, 0.1) is 11.3 Å². The van der Waals surface area contributed by atoms with Gasteiger partial charge in [-0.3, -0.25) is 10.2 Å². The zero-order valence-corrected chi connectivity index (χ0v) is 6.07. The third-order valence-electron chi connectivity index (χ3n) is 1.54. The van der Waals surface area contributed by atoms with Crippen molar-refractivity contribution >= 4 is 0 Å². The highest BCUT2D eigenvalue weighted by Crippen LogP contribution is 2.17. The largest absolute Gasteiger partial charge is 0.278 e. The monoisotopic (exact) mass is 159 g/mol. The maximum atomic E-state index is 8.65. The van der Waals surface area contributed by atoms with Crippen LogP contribution in [0.4, 0.5) is 0 Å². The first-order valence-corrected chi connectivity index (χ1v) is 3.35. The van der Waals surface area contributed by atoms with Crippen molar-refractivity contribution in [1.82, 2.24) is 20.4 Å². The molecular weight excluding hydrogens is 154 g/mol. The summed E-state index contributed by atoms with van der Waals surface area (Å²) in [4.78, 5) is 0. The molecule has 2 rings (SSSR count). The summed E-state index contributed by atoms with van der Waals surface area (Å²) in [5.41, 5.74) is 1.98. The van der Waals surface area contributed by atoms with Crippen LogP contribution in [-0.4, -0.2) is 20.4 Å². The normalized spacial score (nSPS) is 9.58. The lowest BCUT2D eigenvalue weighted by Crippen LogP contribution is -1.80. The molecule has 0 amide bonds. The van der Waals surface area contributed by atoms with E-state index in [1.165, 1.54) is 0 Å². The van der Waals surface area contributed by atoms with Gasteiger partial charge in [0, 0.05) is 6.20 Å². The summed E-state index contributed by atoms with van der Waals surface area (Å²) in [6, 6.07) is 3.78. The summed E-state index contributed by atoms with van der Waals surface area (Å²) in [6.45, 7) is 0. The standard InChI is InChI=1S/C7H5N5/c8-3-7-5(4-10-12-7)6-1-2-9-11-6/h1-2,4H,(H,9,11)(H,10,12). The summed E-state index contributed by atoms with van der Waals surface area (Å²) >= 11 is 0. The third-order valence-corrected chi connectivity index (χ3v) is 1.54. The van der Waals surface area contributed by atoms with Crippen LogP contribution in [0.3, 0.4) is 0 Å². The number of aromatic amines is 2. The molecule has 0 aromatic carbocycles. The molecule has 58 valence electrons. The van der Waals surface area contributed by atoms with Gasteiger partial charge >= 0.3 is 0 Å². The maximum Gasteiger partial charge on any atom is 0.144 e. The SMILES string of the molecule is N#Cc1[nH]ncc1-c1ccn[nH]1. The number of hydrogen-bond acceptors (Lipinski definition) is 3. The van der Waals surface area contributed by atoms with Crippen molar-refractivity contribution in [2.75, 3.05) is 0 Å². The minimum Gasteiger partial charge on any atom is -0.278 e. The zero-order chi connectivity index (χ0) is 8.39. The fraction of sp³-hybridized carbons (Fsp3) is 0. The fourth-order valence-corrected chi connectivity index (χ4v) is 0.981. The Labute approximate surface area is 68.0 Å². The highest BCUT2D eigenvalue weighted by atomic mass is 15.1. The molecule has 2 heterocycles. The lowest BCUT2D eigenvalue weighted by molar-refractivity contribution is 1.07. The molecule has 0 unspecified atom stereocenters. The number of H-pyrrole nitrogens is 2. The lowest BCUT2D eigenvalue weighted by atomic mass is 10.2. The van der Waals surface area contributed by atoms with Gasteiger partial charge in [0.1, 0.15) is 11.8 Å². The Morgan fingerprint density at radius 1 is 1.33 bits per heavy atom. The quantitative estimate of drug-likeness (QED) is 0.641. The van der Waals surface area contributed by atoms with Crippen LogP contribution >= 0.6 is 0 Å². The van der Waals surface area contributed by atoms with Gasteiger partial charge in [0.15, 0.2) is 0 Å². The highest BCUT2D eigenvalue weighted by molar-refractivity contribution is 5.63. The van der Waals surface area contributed by atoms with Crippen LogP contribution in [0.2, 0.25) is 0 Å². The zero-order valence-electron chi connectivity index (χ0n) is 6.07. The molecule has 12 heavy (non-hydrogen) atoms. The Kier molecular flexibility index (Phi) is 1.38. The fourth-order valence-electron chi connectivity index (χ4n) is 0.981. The van der Waals surface area contributed by atoms with Crippen molar-refractivity contribution in [3.8, 4) is 17.3 Å². The molecule has 0 saturated carbocycles. The molecule has 0 bridgehead atoms. The van der Waals surface area contributed by atoms with Gasteiger partial charge in [-0.25, -0.2) is 0 Å². The number of rotatable bonds is 1. The van der Waals surface area contributed by atoms with Crippen molar-refractivity contribution in [2.45, 2.75) is 0 Å². The Morgan fingerprint density at radius 2 is 2.25 bits per heavy atom. The first kappa shape index (κ1) is 6.61. The predicted octanol–water partition coefficient (Wildman–Crippen LogP) is 0.671. The molecule has 0 fully saturated rings. The average molecular weight is 159 g/mol. The van der Waals surface area contributed by atoms with Crippen LogP contribution in [0.5, 0.6) is 0 Å². The van der Waals surface area contributed by atoms with E-state index in [2.05, 4.69) is 20.4 Å². The third kappa shape index (κ3) is 0.864. The van der Waals surface area contributed by atoms with Crippen LogP contribution in [0.25, 0.3) is 11.3 Å². The highest BCUT2D eigenvalue weighted by Gasteiger charge is 2.06. The minimum absolute atomic E-state index is 0.444. The van der Waals surface area contributed by atoms with Gasteiger partial charge in [-0.05, 0) is 6.07 Å². The number of nitrogens with zero attached hydrogens (tertiary/aromatic N) is 3. The van der Waals surface area contributed by atoms with E-state index >= 15 is 0 Å². The molecule has 2 aromatic rings.